The van der Waals surface area contributed by atoms with Gasteiger partial charge in [0.05, 0.1) is 0 Å². The summed E-state index contributed by atoms with van der Waals surface area (Å²) in [4.78, 5) is 35.5. The normalized spacial score (nSPS) is 11.4. The van der Waals surface area contributed by atoms with Gasteiger partial charge in [-0.05, 0) is 50.2 Å². The van der Waals surface area contributed by atoms with Crippen molar-refractivity contribution in [3.8, 4) is 5.75 Å². The third-order valence-electron chi connectivity index (χ3n) is 3.85. The second kappa shape index (κ2) is 9.52. The average Bonchev–Trinajstić information content (AvgIpc) is 2.67. The predicted molar refractivity (Wildman–Crippen MR) is 102 cm³/mol. The van der Waals surface area contributed by atoms with Crippen LogP contribution in [0.5, 0.6) is 5.75 Å². The molecule has 0 radical (unpaired) electrons. The van der Waals surface area contributed by atoms with Gasteiger partial charge in [-0.15, -0.1) is 0 Å². The zero-order valence-electron chi connectivity index (χ0n) is 15.7. The number of Topliss-reactive ketones (excluding diaryl/α,β-unsaturated/α-hetero) is 1. The summed E-state index contributed by atoms with van der Waals surface area (Å²) in [6.07, 6.45) is -0.526. The van der Waals surface area contributed by atoms with E-state index in [0.717, 1.165) is 5.56 Å². The molecule has 0 unspecified atom stereocenters. The quantitative estimate of drug-likeness (QED) is 0.568. The van der Waals surface area contributed by atoms with E-state index in [4.69, 9.17) is 9.47 Å². The zero-order chi connectivity index (χ0) is 19.8. The Balaban J connectivity index is 1.79. The van der Waals surface area contributed by atoms with Gasteiger partial charge in [0.25, 0.3) is 5.91 Å². The van der Waals surface area contributed by atoms with Gasteiger partial charge in [-0.3, -0.25) is 9.59 Å². The van der Waals surface area contributed by atoms with Crippen molar-refractivity contribution >= 4 is 23.3 Å². The molecular weight excluding hydrogens is 346 g/mol. The number of nitrogens with one attached hydrogen (secondary N) is 1. The van der Waals surface area contributed by atoms with Crippen LogP contribution in [0.15, 0.2) is 48.5 Å². The highest BCUT2D eigenvalue weighted by molar-refractivity contribution is 5.96. The number of ketones is 1. The number of anilines is 1. The van der Waals surface area contributed by atoms with E-state index in [9.17, 15) is 14.4 Å². The third-order valence-corrected chi connectivity index (χ3v) is 3.85. The molecule has 2 aromatic rings. The molecule has 1 atom stereocenters. The first-order valence-electron chi connectivity index (χ1n) is 8.72. The van der Waals surface area contributed by atoms with Gasteiger partial charge in [-0.25, -0.2) is 4.79 Å². The minimum Gasteiger partial charge on any atom is -0.482 e. The Morgan fingerprint density at radius 1 is 1.00 bits per heavy atom. The van der Waals surface area contributed by atoms with E-state index >= 15 is 0 Å². The van der Waals surface area contributed by atoms with Gasteiger partial charge in [0.1, 0.15) is 5.75 Å². The summed E-state index contributed by atoms with van der Waals surface area (Å²) in [6, 6.07) is 13.8. The Bertz CT molecular complexity index is 796. The van der Waals surface area contributed by atoms with E-state index in [0.29, 0.717) is 23.4 Å². The molecule has 0 saturated heterocycles. The first kappa shape index (κ1) is 20.2. The Morgan fingerprint density at radius 3 is 2.22 bits per heavy atom. The van der Waals surface area contributed by atoms with Crippen molar-refractivity contribution in [3.05, 3.63) is 59.7 Å². The van der Waals surface area contributed by atoms with Crippen molar-refractivity contribution in [2.45, 2.75) is 33.3 Å². The van der Waals surface area contributed by atoms with E-state index < -0.39 is 18.0 Å². The molecule has 6 heteroatoms. The van der Waals surface area contributed by atoms with Gasteiger partial charge in [0.2, 0.25) is 0 Å². The fraction of sp³-hybridized carbons (Fsp3) is 0.286. The number of aryl methyl sites for hydroxylation is 1. The number of rotatable bonds is 8. The molecule has 0 aliphatic rings. The van der Waals surface area contributed by atoms with E-state index in [2.05, 4.69) is 5.32 Å². The third kappa shape index (κ3) is 6.26. The Morgan fingerprint density at radius 2 is 1.63 bits per heavy atom. The summed E-state index contributed by atoms with van der Waals surface area (Å²) in [7, 11) is 0. The number of amides is 1. The van der Waals surface area contributed by atoms with E-state index in [-0.39, 0.29) is 12.4 Å². The van der Waals surface area contributed by atoms with Crippen LogP contribution in [0.4, 0.5) is 5.69 Å². The lowest BCUT2D eigenvalue weighted by Gasteiger charge is -2.14. The van der Waals surface area contributed by atoms with Crippen LogP contribution in [0, 0.1) is 6.92 Å². The minimum atomic E-state index is -0.952. The minimum absolute atomic E-state index is 0.0365. The van der Waals surface area contributed by atoms with Crippen molar-refractivity contribution in [3.63, 3.8) is 0 Å². The highest BCUT2D eigenvalue weighted by Crippen LogP contribution is 2.14. The second-order valence-corrected chi connectivity index (χ2v) is 6.08. The standard InChI is InChI=1S/C21H23NO5/c1-4-19(23)16-7-11-18(12-8-16)26-13-20(24)27-15(3)21(25)22-17-9-5-14(2)6-10-17/h5-12,15H,4,13H2,1-3H3,(H,22,25)/t15-/m1/s1. The lowest BCUT2D eigenvalue weighted by molar-refractivity contribution is -0.155. The van der Waals surface area contributed by atoms with Gasteiger partial charge < -0.3 is 14.8 Å². The lowest BCUT2D eigenvalue weighted by Crippen LogP contribution is -2.31. The first-order chi connectivity index (χ1) is 12.9. The summed E-state index contributed by atoms with van der Waals surface area (Å²) in [5, 5.41) is 2.68. The number of benzene rings is 2. The average molecular weight is 369 g/mol. The number of esters is 1. The molecule has 2 rings (SSSR count). The molecule has 0 saturated carbocycles. The molecule has 1 amide bonds. The highest BCUT2D eigenvalue weighted by Gasteiger charge is 2.18. The summed E-state index contributed by atoms with van der Waals surface area (Å²) in [6.45, 7) is 4.90. The zero-order valence-corrected chi connectivity index (χ0v) is 15.7. The molecule has 0 aliphatic carbocycles. The molecule has 27 heavy (non-hydrogen) atoms. The Labute approximate surface area is 158 Å². The Hall–Kier alpha value is -3.15. The highest BCUT2D eigenvalue weighted by atomic mass is 16.6. The molecule has 142 valence electrons. The summed E-state index contributed by atoms with van der Waals surface area (Å²) in [5.41, 5.74) is 2.30. The van der Waals surface area contributed by atoms with Crippen LogP contribution < -0.4 is 10.1 Å². The van der Waals surface area contributed by atoms with Crippen molar-refractivity contribution < 1.29 is 23.9 Å². The monoisotopic (exact) mass is 369 g/mol. The van der Waals surface area contributed by atoms with Crippen LogP contribution in [0.1, 0.15) is 36.2 Å². The van der Waals surface area contributed by atoms with Gasteiger partial charge in [0, 0.05) is 17.7 Å². The Kier molecular flexibility index (Phi) is 7.11. The molecule has 0 aromatic heterocycles. The number of ether oxygens (including phenoxy) is 2. The van der Waals surface area contributed by atoms with Crippen LogP contribution in [0.25, 0.3) is 0 Å². The molecule has 2 aromatic carbocycles. The molecule has 0 heterocycles. The van der Waals surface area contributed by atoms with Crippen LogP contribution in [-0.2, 0) is 14.3 Å². The first-order valence-corrected chi connectivity index (χ1v) is 8.72. The van der Waals surface area contributed by atoms with Crippen LogP contribution in [0.3, 0.4) is 0 Å². The van der Waals surface area contributed by atoms with E-state index in [1.807, 2.05) is 19.1 Å². The summed E-state index contributed by atoms with van der Waals surface area (Å²) >= 11 is 0. The van der Waals surface area contributed by atoms with Gasteiger partial charge in [-0.1, -0.05) is 24.6 Å². The summed E-state index contributed by atoms with van der Waals surface area (Å²) < 4.78 is 10.4. The van der Waals surface area contributed by atoms with Crippen molar-refractivity contribution in [1.29, 1.82) is 0 Å². The fourth-order valence-electron chi connectivity index (χ4n) is 2.25. The van der Waals surface area contributed by atoms with Gasteiger partial charge >= 0.3 is 5.97 Å². The number of carbonyl (C=O) groups is 3. The molecule has 6 nitrogen and oxygen atoms in total. The van der Waals surface area contributed by atoms with E-state index in [1.165, 1.54) is 6.92 Å². The molecule has 0 aliphatic heterocycles. The van der Waals surface area contributed by atoms with Crippen LogP contribution in [0.2, 0.25) is 0 Å². The maximum atomic E-state index is 12.1. The molecule has 0 fully saturated rings. The van der Waals surface area contributed by atoms with Crippen molar-refractivity contribution in [1.82, 2.24) is 0 Å². The number of hydrogen-bond donors (Lipinski definition) is 1. The van der Waals surface area contributed by atoms with Crippen molar-refractivity contribution in [2.24, 2.45) is 0 Å². The van der Waals surface area contributed by atoms with Gasteiger partial charge in [-0.2, -0.15) is 0 Å². The van der Waals surface area contributed by atoms with Crippen LogP contribution >= 0.6 is 0 Å². The number of carbonyl (C=O) groups excluding carboxylic acids is 3. The predicted octanol–water partition coefficient (Wildman–Crippen LogP) is 3.54. The molecule has 0 bridgehead atoms. The van der Waals surface area contributed by atoms with E-state index in [1.54, 1.807) is 43.3 Å². The van der Waals surface area contributed by atoms with Crippen molar-refractivity contribution in [2.75, 3.05) is 11.9 Å². The fourth-order valence-corrected chi connectivity index (χ4v) is 2.25. The summed E-state index contributed by atoms with van der Waals surface area (Å²) in [5.74, 6) is -0.601. The SMILES string of the molecule is CCC(=O)c1ccc(OCC(=O)O[C@H](C)C(=O)Nc2ccc(C)cc2)cc1. The molecule has 1 N–H and O–H groups in total. The smallest absolute Gasteiger partial charge is 0.344 e. The van der Waals surface area contributed by atoms with Crippen LogP contribution in [-0.4, -0.2) is 30.4 Å². The lowest BCUT2D eigenvalue weighted by atomic mass is 10.1. The van der Waals surface area contributed by atoms with Gasteiger partial charge in [0.15, 0.2) is 18.5 Å². The second-order valence-electron chi connectivity index (χ2n) is 6.08. The topological polar surface area (TPSA) is 81.7 Å². The molecule has 0 spiro atoms. The number of hydrogen-bond acceptors (Lipinski definition) is 5. The maximum Gasteiger partial charge on any atom is 0.344 e. The largest absolute Gasteiger partial charge is 0.482 e. The molecular formula is C21H23NO5. The maximum absolute atomic E-state index is 12.1.